The monoisotopic (exact) mass is 310 g/mol. The van der Waals surface area contributed by atoms with Crippen molar-refractivity contribution < 1.29 is 8.42 Å². The van der Waals surface area contributed by atoms with Gasteiger partial charge in [-0.15, -0.1) is 0 Å². The zero-order chi connectivity index (χ0) is 15.5. The first kappa shape index (κ1) is 16.5. The second-order valence-corrected chi connectivity index (χ2v) is 7.95. The predicted octanol–water partition coefficient (Wildman–Crippen LogP) is 2.54. The minimum Gasteiger partial charge on any atom is -0.313 e. The Morgan fingerprint density at radius 3 is 2.67 bits per heavy atom. The lowest BCUT2D eigenvalue weighted by atomic mass is 10.0. The van der Waals surface area contributed by atoms with Gasteiger partial charge in [-0.05, 0) is 31.4 Å². The molecule has 4 nitrogen and oxygen atoms in total. The lowest BCUT2D eigenvalue weighted by Crippen LogP contribution is -2.49. The van der Waals surface area contributed by atoms with Gasteiger partial charge in [-0.2, -0.15) is 4.31 Å². The molecule has 0 saturated carbocycles. The van der Waals surface area contributed by atoms with Crippen LogP contribution < -0.4 is 5.32 Å². The van der Waals surface area contributed by atoms with E-state index in [1.54, 1.807) is 16.4 Å². The number of nitrogens with zero attached hydrogens (tertiary/aromatic N) is 1. The van der Waals surface area contributed by atoms with Gasteiger partial charge in [-0.3, -0.25) is 0 Å². The second-order valence-electron chi connectivity index (χ2n) is 6.09. The summed E-state index contributed by atoms with van der Waals surface area (Å²) in [6.45, 7) is 7.38. The van der Waals surface area contributed by atoms with Gasteiger partial charge in [0.15, 0.2) is 0 Å². The Hall–Kier alpha value is -0.910. The standard InChI is InChI=1S/C16H26N2O2S/c1-13(2)17-12-15-9-6-7-11-18(15)21(19,20)16-10-5-4-8-14(16)3/h4-5,8,10,13,15,17H,6-7,9,11-12H2,1-3H3. The quantitative estimate of drug-likeness (QED) is 0.909. The van der Waals surface area contributed by atoms with Crippen LogP contribution >= 0.6 is 0 Å². The van der Waals surface area contributed by atoms with E-state index >= 15 is 0 Å². The lowest BCUT2D eigenvalue weighted by Gasteiger charge is -2.35. The molecule has 1 heterocycles. The van der Waals surface area contributed by atoms with Crippen molar-refractivity contribution in [1.29, 1.82) is 0 Å². The molecule has 1 unspecified atom stereocenters. The molecule has 1 aliphatic heterocycles. The highest BCUT2D eigenvalue weighted by atomic mass is 32.2. The van der Waals surface area contributed by atoms with Crippen molar-refractivity contribution in [3.8, 4) is 0 Å². The number of hydrogen-bond donors (Lipinski definition) is 1. The van der Waals surface area contributed by atoms with E-state index in [-0.39, 0.29) is 6.04 Å². The maximum Gasteiger partial charge on any atom is 0.243 e. The first-order valence-corrected chi connectivity index (χ1v) is 9.18. The number of sulfonamides is 1. The second kappa shape index (κ2) is 6.90. The van der Waals surface area contributed by atoms with Crippen LogP contribution in [-0.4, -0.2) is 37.9 Å². The summed E-state index contributed by atoms with van der Waals surface area (Å²) in [5, 5.41) is 3.38. The number of piperidine rings is 1. The summed E-state index contributed by atoms with van der Waals surface area (Å²) in [5.74, 6) is 0. The highest BCUT2D eigenvalue weighted by Crippen LogP contribution is 2.26. The first-order chi connectivity index (χ1) is 9.93. The van der Waals surface area contributed by atoms with E-state index in [0.29, 0.717) is 17.5 Å². The fourth-order valence-corrected chi connectivity index (χ4v) is 4.76. The number of benzene rings is 1. The third-order valence-electron chi connectivity index (χ3n) is 4.02. The predicted molar refractivity (Wildman–Crippen MR) is 85.8 cm³/mol. The molecule has 5 heteroatoms. The van der Waals surface area contributed by atoms with Gasteiger partial charge in [-0.1, -0.05) is 38.5 Å². The molecular weight excluding hydrogens is 284 g/mol. The van der Waals surface area contributed by atoms with Gasteiger partial charge in [0.1, 0.15) is 0 Å². The summed E-state index contributed by atoms with van der Waals surface area (Å²) in [7, 11) is -3.40. The third-order valence-corrected chi connectivity index (χ3v) is 6.13. The molecular formula is C16H26N2O2S. The van der Waals surface area contributed by atoms with Crippen LogP contribution in [0.15, 0.2) is 29.2 Å². The van der Waals surface area contributed by atoms with Gasteiger partial charge in [0.25, 0.3) is 0 Å². The summed E-state index contributed by atoms with van der Waals surface area (Å²) in [4.78, 5) is 0.446. The van der Waals surface area contributed by atoms with Crippen LogP contribution in [0.5, 0.6) is 0 Å². The Bertz CT molecular complexity index is 569. The van der Waals surface area contributed by atoms with E-state index in [4.69, 9.17) is 0 Å². The summed E-state index contributed by atoms with van der Waals surface area (Å²) in [6.07, 6.45) is 2.98. The molecule has 0 spiro atoms. The molecule has 1 saturated heterocycles. The Balaban J connectivity index is 2.25. The molecule has 0 radical (unpaired) electrons. The topological polar surface area (TPSA) is 49.4 Å². The molecule has 1 aromatic rings. The highest BCUT2D eigenvalue weighted by molar-refractivity contribution is 7.89. The van der Waals surface area contributed by atoms with Gasteiger partial charge < -0.3 is 5.32 Å². The molecule has 0 amide bonds. The van der Waals surface area contributed by atoms with Crippen molar-refractivity contribution in [2.24, 2.45) is 0 Å². The SMILES string of the molecule is Cc1ccccc1S(=O)(=O)N1CCCCC1CNC(C)C. The molecule has 118 valence electrons. The van der Waals surface area contributed by atoms with Crippen LogP contribution in [0.1, 0.15) is 38.7 Å². The number of aryl methyl sites for hydroxylation is 1. The Morgan fingerprint density at radius 2 is 2.00 bits per heavy atom. The maximum absolute atomic E-state index is 13.0. The van der Waals surface area contributed by atoms with Gasteiger partial charge in [-0.25, -0.2) is 8.42 Å². The number of nitrogens with one attached hydrogen (secondary N) is 1. The van der Waals surface area contributed by atoms with Crippen molar-refractivity contribution in [3.63, 3.8) is 0 Å². The zero-order valence-corrected chi connectivity index (χ0v) is 14.0. The van der Waals surface area contributed by atoms with E-state index in [2.05, 4.69) is 19.2 Å². The van der Waals surface area contributed by atoms with Gasteiger partial charge in [0, 0.05) is 25.2 Å². The molecule has 0 bridgehead atoms. The average molecular weight is 310 g/mol. The summed E-state index contributed by atoms with van der Waals surface area (Å²) in [5.41, 5.74) is 0.818. The van der Waals surface area contributed by atoms with Crippen molar-refractivity contribution in [2.75, 3.05) is 13.1 Å². The normalized spacial score (nSPS) is 20.9. The largest absolute Gasteiger partial charge is 0.313 e. The molecule has 1 aromatic carbocycles. The van der Waals surface area contributed by atoms with E-state index < -0.39 is 10.0 Å². The van der Waals surface area contributed by atoms with E-state index in [1.807, 2.05) is 19.1 Å². The molecule has 21 heavy (non-hydrogen) atoms. The molecule has 0 aliphatic carbocycles. The average Bonchev–Trinajstić information content (AvgIpc) is 2.45. The van der Waals surface area contributed by atoms with Crippen molar-refractivity contribution in [3.05, 3.63) is 29.8 Å². The Labute approximate surface area is 128 Å². The van der Waals surface area contributed by atoms with Crippen LogP contribution in [0.25, 0.3) is 0 Å². The summed E-state index contributed by atoms with van der Waals surface area (Å²) in [6, 6.07) is 7.68. The molecule has 1 fully saturated rings. The van der Waals surface area contributed by atoms with Crippen LogP contribution in [-0.2, 0) is 10.0 Å². The van der Waals surface area contributed by atoms with Crippen LogP contribution in [0.4, 0.5) is 0 Å². The smallest absolute Gasteiger partial charge is 0.243 e. The van der Waals surface area contributed by atoms with Crippen molar-refractivity contribution in [2.45, 2.75) is 57.0 Å². The van der Waals surface area contributed by atoms with Crippen LogP contribution in [0.2, 0.25) is 0 Å². The number of rotatable bonds is 5. The maximum atomic E-state index is 13.0. The fourth-order valence-electron chi connectivity index (χ4n) is 2.84. The minimum absolute atomic E-state index is 0.0609. The van der Waals surface area contributed by atoms with Gasteiger partial charge in [0.05, 0.1) is 4.90 Å². The summed E-state index contributed by atoms with van der Waals surface area (Å²) >= 11 is 0. The first-order valence-electron chi connectivity index (χ1n) is 7.74. The molecule has 0 aromatic heterocycles. The van der Waals surface area contributed by atoms with Crippen molar-refractivity contribution >= 4 is 10.0 Å². The van der Waals surface area contributed by atoms with Crippen molar-refractivity contribution in [1.82, 2.24) is 9.62 Å². The van der Waals surface area contributed by atoms with Gasteiger partial charge in [0.2, 0.25) is 10.0 Å². The number of hydrogen-bond acceptors (Lipinski definition) is 3. The van der Waals surface area contributed by atoms with Crippen LogP contribution in [0.3, 0.4) is 0 Å². The molecule has 1 aliphatic rings. The lowest BCUT2D eigenvalue weighted by molar-refractivity contribution is 0.242. The highest BCUT2D eigenvalue weighted by Gasteiger charge is 2.33. The van der Waals surface area contributed by atoms with E-state index in [9.17, 15) is 8.42 Å². The summed E-state index contributed by atoms with van der Waals surface area (Å²) < 4.78 is 27.6. The van der Waals surface area contributed by atoms with E-state index in [1.165, 1.54) is 0 Å². The third kappa shape index (κ3) is 3.84. The fraction of sp³-hybridized carbons (Fsp3) is 0.625. The Morgan fingerprint density at radius 1 is 1.29 bits per heavy atom. The van der Waals surface area contributed by atoms with Gasteiger partial charge >= 0.3 is 0 Å². The Kier molecular flexibility index (Phi) is 5.41. The van der Waals surface area contributed by atoms with E-state index in [0.717, 1.165) is 31.4 Å². The zero-order valence-electron chi connectivity index (χ0n) is 13.2. The molecule has 1 N–H and O–H groups in total. The minimum atomic E-state index is -3.40. The molecule has 1 atom stereocenters. The molecule has 2 rings (SSSR count). The van der Waals surface area contributed by atoms with Crippen LogP contribution in [0, 0.1) is 6.92 Å².